The van der Waals surface area contributed by atoms with E-state index < -0.39 is 17.4 Å². The van der Waals surface area contributed by atoms with Crippen molar-refractivity contribution in [2.75, 3.05) is 0 Å². The number of rotatable bonds is 2. The van der Waals surface area contributed by atoms with Gasteiger partial charge in [-0.1, -0.05) is 0 Å². The average Bonchev–Trinajstić information content (AvgIpc) is 2.09. The smallest absolute Gasteiger partial charge is 0.168 e. The monoisotopic (exact) mass is 183 g/mol. The molecule has 68 valence electrons. The maximum Gasteiger partial charge on any atom is 0.168 e. The summed E-state index contributed by atoms with van der Waals surface area (Å²) >= 11 is 0. The van der Waals surface area contributed by atoms with Gasteiger partial charge in [0.15, 0.2) is 11.6 Å². The fourth-order valence-corrected chi connectivity index (χ4v) is 1.00. The van der Waals surface area contributed by atoms with E-state index in [9.17, 15) is 8.78 Å². The van der Waals surface area contributed by atoms with Gasteiger partial charge in [0.25, 0.3) is 0 Å². The Bertz CT molecular complexity index is 357. The third-order valence-electron chi connectivity index (χ3n) is 1.61. The van der Waals surface area contributed by atoms with Crippen LogP contribution in [0.25, 0.3) is 0 Å². The summed E-state index contributed by atoms with van der Waals surface area (Å²) in [7, 11) is 0. The topological polar surface area (TPSA) is 44.0 Å². The molecule has 0 aliphatic carbocycles. The van der Waals surface area contributed by atoms with E-state index in [1.807, 2.05) is 6.07 Å². The zero-order valence-corrected chi connectivity index (χ0v) is 6.72. The van der Waals surface area contributed by atoms with Crippen LogP contribution in [0.5, 0.6) is 5.75 Å². The predicted molar refractivity (Wildman–Crippen MR) is 42.0 cm³/mol. The SMILES string of the molecule is N#CCCc1cc(F)cc(F)c1O. The second-order valence-electron chi connectivity index (χ2n) is 2.55. The predicted octanol–water partition coefficient (Wildman–Crippen LogP) is 2.13. The van der Waals surface area contributed by atoms with Gasteiger partial charge >= 0.3 is 0 Å². The number of aryl methyl sites for hydroxylation is 1. The van der Waals surface area contributed by atoms with E-state index in [0.29, 0.717) is 6.07 Å². The molecule has 0 radical (unpaired) electrons. The molecule has 0 aromatic heterocycles. The summed E-state index contributed by atoms with van der Waals surface area (Å²) in [5.41, 5.74) is 0.124. The maximum atomic E-state index is 12.7. The summed E-state index contributed by atoms with van der Waals surface area (Å²) < 4.78 is 25.3. The van der Waals surface area contributed by atoms with Gasteiger partial charge < -0.3 is 5.11 Å². The molecule has 1 rings (SSSR count). The highest BCUT2D eigenvalue weighted by Crippen LogP contribution is 2.23. The molecule has 1 N–H and O–H groups in total. The van der Waals surface area contributed by atoms with Crippen LogP contribution in [-0.2, 0) is 6.42 Å². The first-order valence-corrected chi connectivity index (χ1v) is 3.69. The Kier molecular flexibility index (Phi) is 2.80. The third kappa shape index (κ3) is 2.15. The molecule has 0 aliphatic heterocycles. The first-order valence-electron chi connectivity index (χ1n) is 3.69. The van der Waals surface area contributed by atoms with E-state index >= 15 is 0 Å². The van der Waals surface area contributed by atoms with E-state index in [-0.39, 0.29) is 18.4 Å². The molecule has 13 heavy (non-hydrogen) atoms. The number of phenols is 1. The molecule has 4 heteroatoms. The van der Waals surface area contributed by atoms with E-state index in [4.69, 9.17) is 10.4 Å². The van der Waals surface area contributed by atoms with Crippen LogP contribution >= 0.6 is 0 Å². The molecule has 0 aliphatic rings. The molecule has 0 amide bonds. The summed E-state index contributed by atoms with van der Waals surface area (Å²) in [5.74, 6) is -2.31. The fraction of sp³-hybridized carbons (Fsp3) is 0.222. The number of nitriles is 1. The summed E-state index contributed by atoms with van der Waals surface area (Å²) in [5, 5.41) is 17.3. The number of nitrogens with zero attached hydrogens (tertiary/aromatic N) is 1. The number of benzene rings is 1. The lowest BCUT2D eigenvalue weighted by Gasteiger charge is -2.02. The summed E-state index contributed by atoms with van der Waals surface area (Å²) in [4.78, 5) is 0. The molecule has 0 bridgehead atoms. The van der Waals surface area contributed by atoms with E-state index in [1.165, 1.54) is 0 Å². The zero-order chi connectivity index (χ0) is 9.84. The van der Waals surface area contributed by atoms with Crippen molar-refractivity contribution in [3.63, 3.8) is 0 Å². The summed E-state index contributed by atoms with van der Waals surface area (Å²) in [6.07, 6.45) is 0.271. The zero-order valence-electron chi connectivity index (χ0n) is 6.72. The highest BCUT2D eigenvalue weighted by Gasteiger charge is 2.09. The highest BCUT2D eigenvalue weighted by atomic mass is 19.1. The van der Waals surface area contributed by atoms with Crippen molar-refractivity contribution in [2.45, 2.75) is 12.8 Å². The Hall–Kier alpha value is -1.63. The Morgan fingerprint density at radius 2 is 2.08 bits per heavy atom. The van der Waals surface area contributed by atoms with Gasteiger partial charge in [0, 0.05) is 18.1 Å². The molecule has 0 unspecified atom stereocenters. The van der Waals surface area contributed by atoms with Crippen LogP contribution in [-0.4, -0.2) is 5.11 Å². The van der Waals surface area contributed by atoms with Gasteiger partial charge in [-0.05, 0) is 12.5 Å². The van der Waals surface area contributed by atoms with Crippen molar-refractivity contribution >= 4 is 0 Å². The number of phenolic OH excluding ortho intramolecular Hbond substituents is 1. The Morgan fingerprint density at radius 1 is 1.38 bits per heavy atom. The minimum atomic E-state index is -0.993. The number of halogens is 2. The van der Waals surface area contributed by atoms with Gasteiger partial charge in [-0.3, -0.25) is 0 Å². The van der Waals surface area contributed by atoms with Crippen molar-refractivity contribution in [1.29, 1.82) is 5.26 Å². The number of aromatic hydroxyl groups is 1. The van der Waals surface area contributed by atoms with Crippen molar-refractivity contribution in [1.82, 2.24) is 0 Å². The van der Waals surface area contributed by atoms with Gasteiger partial charge in [0.1, 0.15) is 5.82 Å². The fourth-order valence-electron chi connectivity index (χ4n) is 1.00. The van der Waals surface area contributed by atoms with E-state index in [0.717, 1.165) is 6.07 Å². The minimum Gasteiger partial charge on any atom is -0.505 e. The normalized spacial score (nSPS) is 9.62. The average molecular weight is 183 g/mol. The molecule has 2 nitrogen and oxygen atoms in total. The largest absolute Gasteiger partial charge is 0.505 e. The van der Waals surface area contributed by atoms with Crippen molar-refractivity contribution < 1.29 is 13.9 Å². The molecular weight excluding hydrogens is 176 g/mol. The van der Waals surface area contributed by atoms with Crippen molar-refractivity contribution in [3.05, 3.63) is 29.3 Å². The molecule has 0 heterocycles. The van der Waals surface area contributed by atoms with Crippen LogP contribution in [0.4, 0.5) is 8.78 Å². The summed E-state index contributed by atoms with van der Waals surface area (Å²) in [6, 6.07) is 3.45. The minimum absolute atomic E-state index is 0.121. The Labute approximate surface area is 74.0 Å². The maximum absolute atomic E-state index is 12.7. The van der Waals surface area contributed by atoms with Gasteiger partial charge in [-0.2, -0.15) is 5.26 Å². The van der Waals surface area contributed by atoms with Gasteiger partial charge in [-0.15, -0.1) is 0 Å². The molecule has 0 fully saturated rings. The second kappa shape index (κ2) is 3.85. The molecule has 0 saturated heterocycles. The van der Waals surface area contributed by atoms with Gasteiger partial charge in [-0.25, -0.2) is 8.78 Å². The van der Waals surface area contributed by atoms with Crippen LogP contribution in [0.3, 0.4) is 0 Å². The Balaban J connectivity index is 3.00. The van der Waals surface area contributed by atoms with E-state index in [1.54, 1.807) is 0 Å². The number of hydrogen-bond acceptors (Lipinski definition) is 2. The van der Waals surface area contributed by atoms with Crippen LogP contribution in [0, 0.1) is 23.0 Å². The summed E-state index contributed by atoms with van der Waals surface area (Å²) in [6.45, 7) is 0. The van der Waals surface area contributed by atoms with E-state index in [2.05, 4.69) is 0 Å². The standard InChI is InChI=1S/C9H7F2NO/c10-7-4-6(2-1-3-12)9(13)8(11)5-7/h4-5,13H,1-2H2. The van der Waals surface area contributed by atoms with Crippen LogP contribution in [0.15, 0.2) is 12.1 Å². The second-order valence-corrected chi connectivity index (χ2v) is 2.55. The lowest BCUT2D eigenvalue weighted by molar-refractivity contribution is 0.421. The van der Waals surface area contributed by atoms with Crippen LogP contribution in [0.1, 0.15) is 12.0 Å². The highest BCUT2D eigenvalue weighted by molar-refractivity contribution is 5.34. The molecule has 0 saturated carbocycles. The van der Waals surface area contributed by atoms with Gasteiger partial charge in [0.05, 0.1) is 6.07 Å². The van der Waals surface area contributed by atoms with Gasteiger partial charge in [0.2, 0.25) is 0 Å². The third-order valence-corrected chi connectivity index (χ3v) is 1.61. The first kappa shape index (κ1) is 9.46. The van der Waals surface area contributed by atoms with Crippen LogP contribution in [0.2, 0.25) is 0 Å². The van der Waals surface area contributed by atoms with Crippen LogP contribution < -0.4 is 0 Å². The number of hydrogen-bond donors (Lipinski definition) is 1. The van der Waals surface area contributed by atoms with Crippen molar-refractivity contribution in [2.24, 2.45) is 0 Å². The Morgan fingerprint density at radius 3 is 2.69 bits per heavy atom. The quantitative estimate of drug-likeness (QED) is 0.763. The first-order chi connectivity index (χ1) is 6.15. The lowest BCUT2D eigenvalue weighted by atomic mass is 10.1. The molecule has 1 aromatic rings. The lowest BCUT2D eigenvalue weighted by Crippen LogP contribution is -1.90. The molecule has 1 aromatic carbocycles. The van der Waals surface area contributed by atoms with Crippen molar-refractivity contribution in [3.8, 4) is 11.8 Å². The molecule has 0 atom stereocenters. The molecule has 0 spiro atoms. The molecular formula is C9H7F2NO.